The first-order chi connectivity index (χ1) is 15.0. The lowest BCUT2D eigenvalue weighted by atomic mass is 10.1. The second-order valence-corrected chi connectivity index (χ2v) is 8.10. The summed E-state index contributed by atoms with van der Waals surface area (Å²) in [6.45, 7) is 2.22. The van der Waals surface area contributed by atoms with Crippen LogP contribution in [0.5, 0.6) is 0 Å². The van der Waals surface area contributed by atoms with Crippen molar-refractivity contribution in [2.45, 2.75) is 38.0 Å². The fourth-order valence-corrected chi connectivity index (χ4v) is 4.00. The molecule has 3 heterocycles. The number of nitrogens with one attached hydrogen (secondary N) is 1. The Bertz CT molecular complexity index is 1100. The van der Waals surface area contributed by atoms with Crippen molar-refractivity contribution >= 4 is 29.4 Å². The van der Waals surface area contributed by atoms with E-state index in [-0.39, 0.29) is 0 Å². The predicted molar refractivity (Wildman–Crippen MR) is 118 cm³/mol. The van der Waals surface area contributed by atoms with E-state index in [1.807, 2.05) is 59.6 Å². The Morgan fingerprint density at radius 2 is 1.81 bits per heavy atom. The third-order valence-electron chi connectivity index (χ3n) is 5.51. The van der Waals surface area contributed by atoms with Crippen molar-refractivity contribution in [1.29, 1.82) is 0 Å². The second-order valence-electron chi connectivity index (χ2n) is 7.67. The quantitative estimate of drug-likeness (QED) is 0.577. The van der Waals surface area contributed by atoms with Crippen LogP contribution in [0.3, 0.4) is 0 Å². The number of benzene rings is 2. The average molecular weight is 440 g/mol. The number of fused-ring (bicyclic) bond motifs is 1. The van der Waals surface area contributed by atoms with E-state index < -0.39 is 24.5 Å². The summed E-state index contributed by atoms with van der Waals surface area (Å²) in [6, 6.07) is 17.2. The Labute approximate surface area is 184 Å². The van der Waals surface area contributed by atoms with Crippen molar-refractivity contribution in [2.24, 2.45) is 4.99 Å². The lowest BCUT2D eigenvalue weighted by Crippen LogP contribution is -2.31. The molecule has 2 aliphatic rings. The molecule has 0 amide bonds. The van der Waals surface area contributed by atoms with E-state index in [9.17, 15) is 10.2 Å². The highest BCUT2D eigenvalue weighted by atomic mass is 35.5. The number of aromatic nitrogens is 2. The summed E-state index contributed by atoms with van der Waals surface area (Å²) in [6.07, 6.45) is -1.73. The highest BCUT2D eigenvalue weighted by molar-refractivity contribution is 6.30. The Kier molecular flexibility index (Phi) is 5.15. The molecule has 0 saturated carbocycles. The van der Waals surface area contributed by atoms with Gasteiger partial charge in [-0.25, -0.2) is 9.67 Å². The van der Waals surface area contributed by atoms with Crippen LogP contribution in [0.2, 0.25) is 5.02 Å². The molecule has 0 bridgehead atoms. The van der Waals surface area contributed by atoms with Gasteiger partial charge in [-0.2, -0.15) is 5.10 Å². The molecule has 0 radical (unpaired) electrons. The number of hydrogen-bond acceptors (Lipinski definition) is 7. The maximum absolute atomic E-state index is 10.5. The van der Waals surface area contributed by atoms with Crippen molar-refractivity contribution < 1.29 is 14.9 Å². The Balaban J connectivity index is 1.52. The van der Waals surface area contributed by atoms with E-state index in [1.165, 1.54) is 0 Å². The molecule has 2 aliphatic heterocycles. The molecule has 8 nitrogen and oxygen atoms in total. The van der Waals surface area contributed by atoms with Crippen LogP contribution in [-0.2, 0) is 11.3 Å². The van der Waals surface area contributed by atoms with Crippen LogP contribution in [0.25, 0.3) is 11.3 Å². The van der Waals surface area contributed by atoms with Gasteiger partial charge in [0.15, 0.2) is 12.0 Å². The monoisotopic (exact) mass is 439 g/mol. The van der Waals surface area contributed by atoms with Crippen molar-refractivity contribution in [1.82, 2.24) is 14.8 Å². The van der Waals surface area contributed by atoms with Gasteiger partial charge in [0, 0.05) is 16.1 Å². The molecule has 0 unspecified atom stereocenters. The zero-order valence-corrected chi connectivity index (χ0v) is 17.5. The fourth-order valence-electron chi connectivity index (χ4n) is 3.87. The van der Waals surface area contributed by atoms with Crippen LogP contribution in [0.15, 0.2) is 59.6 Å². The van der Waals surface area contributed by atoms with Gasteiger partial charge in [-0.3, -0.25) is 10.4 Å². The average Bonchev–Trinajstić information content (AvgIpc) is 3.28. The molecular formula is C22H22ClN5O3. The molecular weight excluding hydrogens is 418 g/mol. The van der Waals surface area contributed by atoms with Crippen LogP contribution in [-0.4, -0.2) is 49.7 Å². The molecule has 4 atom stereocenters. The minimum absolute atomic E-state index is 0.493. The van der Waals surface area contributed by atoms with Gasteiger partial charge >= 0.3 is 0 Å². The number of aliphatic hydroxyl groups is 2. The Morgan fingerprint density at radius 1 is 1.06 bits per heavy atom. The molecule has 1 fully saturated rings. The Hall–Kier alpha value is -2.91. The smallest absolute Gasteiger partial charge is 0.181 e. The maximum Gasteiger partial charge on any atom is 0.181 e. The summed E-state index contributed by atoms with van der Waals surface area (Å²) < 4.78 is 7.38. The van der Waals surface area contributed by atoms with Crippen LogP contribution >= 0.6 is 11.6 Å². The zero-order valence-electron chi connectivity index (χ0n) is 16.8. The molecule has 0 aliphatic carbocycles. The highest BCUT2D eigenvalue weighted by Crippen LogP contribution is 2.39. The van der Waals surface area contributed by atoms with Crippen LogP contribution in [0.1, 0.15) is 18.7 Å². The molecule has 3 N–H and O–H groups in total. The SMILES string of the molecule is C[C@H]1O[C@@H](n2nc(-c3ccccc3)c3c2N=CN(Nc2ccc(Cl)cc2)C3)[C@H](O)[C@@H]1O. The predicted octanol–water partition coefficient (Wildman–Crippen LogP) is 3.35. The maximum atomic E-state index is 10.5. The molecule has 3 aromatic rings. The number of rotatable bonds is 4. The van der Waals surface area contributed by atoms with E-state index in [2.05, 4.69) is 10.4 Å². The van der Waals surface area contributed by atoms with Crippen molar-refractivity contribution in [3.8, 4) is 11.3 Å². The molecule has 1 aromatic heterocycles. The molecule has 9 heteroatoms. The minimum Gasteiger partial charge on any atom is -0.388 e. The lowest BCUT2D eigenvalue weighted by molar-refractivity contribution is -0.0384. The van der Waals surface area contributed by atoms with Crippen molar-refractivity contribution in [3.63, 3.8) is 0 Å². The molecule has 31 heavy (non-hydrogen) atoms. The summed E-state index contributed by atoms with van der Waals surface area (Å²) >= 11 is 5.98. The van der Waals surface area contributed by atoms with E-state index in [1.54, 1.807) is 17.9 Å². The first-order valence-electron chi connectivity index (χ1n) is 10.0. The number of hydrogen-bond donors (Lipinski definition) is 3. The Morgan fingerprint density at radius 3 is 2.48 bits per heavy atom. The van der Waals surface area contributed by atoms with Gasteiger partial charge in [-0.15, -0.1) is 0 Å². The standard InChI is InChI=1S/C22H22ClN5O3/c1-13-19(29)20(30)22(31-13)28-21-17(18(26-28)14-5-3-2-4-6-14)11-27(12-24-21)25-16-9-7-15(23)8-10-16/h2-10,12-13,19-20,22,25,29-30H,11H2,1H3/t13-,19-,20-,22-/m1/s1. The van der Waals surface area contributed by atoms with Crippen molar-refractivity contribution in [2.75, 3.05) is 5.43 Å². The summed E-state index contributed by atoms with van der Waals surface area (Å²) in [5.74, 6) is 0.596. The molecule has 0 spiro atoms. The van der Waals surface area contributed by atoms with Gasteiger partial charge in [0.05, 0.1) is 24.0 Å². The number of aliphatic imine (C=N–C) groups is 1. The molecule has 2 aromatic carbocycles. The largest absolute Gasteiger partial charge is 0.388 e. The topological polar surface area (TPSA) is 95.1 Å². The second kappa shape index (κ2) is 7.97. The fraction of sp³-hybridized carbons (Fsp3) is 0.273. The third kappa shape index (κ3) is 3.68. The molecule has 5 rings (SSSR count). The van der Waals surface area contributed by atoms with Gasteiger partial charge < -0.3 is 14.9 Å². The minimum atomic E-state index is -1.09. The van der Waals surface area contributed by atoms with Gasteiger partial charge in [0.1, 0.15) is 18.5 Å². The number of hydrazine groups is 1. The highest BCUT2D eigenvalue weighted by Gasteiger charge is 2.43. The zero-order chi connectivity index (χ0) is 21.5. The van der Waals surface area contributed by atoms with E-state index in [0.717, 1.165) is 22.5 Å². The normalized spacial score (nSPS) is 25.0. The molecule has 160 valence electrons. The van der Waals surface area contributed by atoms with E-state index in [0.29, 0.717) is 17.4 Å². The first kappa shape index (κ1) is 20.0. The summed E-state index contributed by atoms with van der Waals surface area (Å²) in [5.41, 5.74) is 6.74. The van der Waals surface area contributed by atoms with Gasteiger partial charge in [0.25, 0.3) is 0 Å². The van der Waals surface area contributed by atoms with Crippen LogP contribution < -0.4 is 5.43 Å². The number of aliphatic hydroxyl groups excluding tert-OH is 2. The van der Waals surface area contributed by atoms with Crippen molar-refractivity contribution in [3.05, 3.63) is 65.2 Å². The summed E-state index contributed by atoms with van der Waals surface area (Å²) in [7, 11) is 0. The van der Waals surface area contributed by atoms with Gasteiger partial charge in [-0.1, -0.05) is 41.9 Å². The summed E-state index contributed by atoms with van der Waals surface area (Å²) in [5, 5.41) is 28.0. The molecule has 1 saturated heterocycles. The summed E-state index contributed by atoms with van der Waals surface area (Å²) in [4.78, 5) is 4.60. The van der Waals surface area contributed by atoms with Crippen LogP contribution in [0.4, 0.5) is 11.5 Å². The lowest BCUT2D eigenvalue weighted by Gasteiger charge is -2.25. The number of ether oxygens (including phenoxy) is 1. The van der Waals surface area contributed by atoms with E-state index >= 15 is 0 Å². The number of halogens is 1. The van der Waals surface area contributed by atoms with E-state index in [4.69, 9.17) is 21.4 Å². The van der Waals surface area contributed by atoms with Crippen LogP contribution in [0, 0.1) is 0 Å². The van der Waals surface area contributed by atoms with Gasteiger partial charge in [0.2, 0.25) is 0 Å². The first-order valence-corrected chi connectivity index (χ1v) is 10.4. The number of anilines is 1. The van der Waals surface area contributed by atoms with Gasteiger partial charge in [-0.05, 0) is 31.2 Å². The third-order valence-corrected chi connectivity index (χ3v) is 5.76. The number of nitrogens with zero attached hydrogens (tertiary/aromatic N) is 4.